The fraction of sp³-hybridized carbons (Fsp3) is 0.267. The van der Waals surface area contributed by atoms with Crippen molar-refractivity contribution in [3.05, 3.63) is 48.4 Å². The van der Waals surface area contributed by atoms with Gasteiger partial charge >= 0.3 is 0 Å². The molecule has 0 saturated heterocycles. The number of hydrogen-bond donors (Lipinski definition) is 3. The summed E-state index contributed by atoms with van der Waals surface area (Å²) in [6.45, 7) is 3.71. The summed E-state index contributed by atoms with van der Waals surface area (Å²) < 4.78 is 10.5. The molecule has 0 fully saturated rings. The minimum absolute atomic E-state index is 0. The lowest BCUT2D eigenvalue weighted by atomic mass is 10.4. The van der Waals surface area contributed by atoms with Crippen molar-refractivity contribution in [2.24, 2.45) is 4.99 Å². The van der Waals surface area contributed by atoms with Gasteiger partial charge in [-0.15, -0.1) is 29.1 Å². The van der Waals surface area contributed by atoms with Crippen LogP contribution >= 0.6 is 24.0 Å². The number of guanidine groups is 1. The van der Waals surface area contributed by atoms with Crippen LogP contribution in [0.15, 0.2) is 50.6 Å². The summed E-state index contributed by atoms with van der Waals surface area (Å²) in [5.41, 5.74) is 0. The third-order valence-corrected chi connectivity index (χ3v) is 3.01. The monoisotopic (exact) mass is 442 g/mol. The molecule has 0 aromatic carbocycles. The number of nitrogens with zero attached hydrogens (tertiary/aromatic N) is 3. The Kier molecular flexibility index (Phi) is 6.85. The molecular formula is C15H19IN6O2. The second-order valence-electron chi connectivity index (χ2n) is 4.71. The van der Waals surface area contributed by atoms with Crippen LogP contribution in [0.3, 0.4) is 0 Å². The molecule has 3 rings (SSSR count). The molecule has 0 amide bonds. The van der Waals surface area contributed by atoms with E-state index in [1.165, 1.54) is 0 Å². The minimum Gasteiger partial charge on any atom is -0.467 e. The largest absolute Gasteiger partial charge is 0.467 e. The molecule has 24 heavy (non-hydrogen) atoms. The summed E-state index contributed by atoms with van der Waals surface area (Å²) in [4.78, 5) is 8.82. The highest BCUT2D eigenvalue weighted by Crippen LogP contribution is 2.14. The van der Waals surface area contributed by atoms with Crippen molar-refractivity contribution in [3.8, 4) is 11.6 Å². The number of aromatic amines is 1. The maximum Gasteiger partial charge on any atom is 0.216 e. The van der Waals surface area contributed by atoms with Crippen LogP contribution in [0.1, 0.15) is 18.5 Å². The zero-order valence-electron chi connectivity index (χ0n) is 13.2. The molecule has 3 aromatic heterocycles. The standard InChI is InChI=1S/C15H18N6O2.HI/c1-2-16-15(17-9-11-5-3-7-22-11)18-10-13-19-14(21-20-13)12-6-4-8-23-12;/h3-8H,2,9-10H2,1H3,(H2,16,17,18)(H,19,20,21);1H. The van der Waals surface area contributed by atoms with Gasteiger partial charge < -0.3 is 19.5 Å². The molecular weight excluding hydrogens is 423 g/mol. The van der Waals surface area contributed by atoms with Crippen LogP contribution in [0, 0.1) is 0 Å². The lowest BCUT2D eigenvalue weighted by Crippen LogP contribution is -2.36. The summed E-state index contributed by atoms with van der Waals surface area (Å²) in [5.74, 6) is 3.33. The van der Waals surface area contributed by atoms with Gasteiger partial charge in [0.1, 0.15) is 18.1 Å². The van der Waals surface area contributed by atoms with Crippen LogP contribution in [-0.2, 0) is 13.1 Å². The number of hydrogen-bond acceptors (Lipinski definition) is 5. The maximum absolute atomic E-state index is 5.29. The van der Waals surface area contributed by atoms with E-state index in [1.54, 1.807) is 18.6 Å². The van der Waals surface area contributed by atoms with E-state index in [0.29, 0.717) is 36.5 Å². The Morgan fingerprint density at radius 3 is 2.75 bits per heavy atom. The van der Waals surface area contributed by atoms with Crippen molar-refractivity contribution in [3.63, 3.8) is 0 Å². The van der Waals surface area contributed by atoms with E-state index in [9.17, 15) is 0 Å². The second-order valence-corrected chi connectivity index (χ2v) is 4.71. The van der Waals surface area contributed by atoms with Gasteiger partial charge in [-0.25, -0.2) is 9.98 Å². The van der Waals surface area contributed by atoms with Crippen LogP contribution in [0.5, 0.6) is 0 Å². The summed E-state index contributed by atoms with van der Waals surface area (Å²) in [6, 6.07) is 7.37. The van der Waals surface area contributed by atoms with Gasteiger partial charge in [0, 0.05) is 6.54 Å². The molecule has 0 saturated carbocycles. The zero-order valence-corrected chi connectivity index (χ0v) is 15.5. The Hall–Kier alpha value is -2.30. The summed E-state index contributed by atoms with van der Waals surface area (Å²) in [7, 11) is 0. The predicted molar refractivity (Wildman–Crippen MR) is 99.9 cm³/mol. The van der Waals surface area contributed by atoms with Crippen molar-refractivity contribution in [1.82, 2.24) is 25.8 Å². The molecule has 128 valence electrons. The molecule has 0 aliphatic rings. The average molecular weight is 442 g/mol. The van der Waals surface area contributed by atoms with Gasteiger partial charge in [-0.05, 0) is 31.2 Å². The van der Waals surface area contributed by atoms with Gasteiger partial charge in [0.15, 0.2) is 11.7 Å². The van der Waals surface area contributed by atoms with Gasteiger partial charge in [-0.3, -0.25) is 5.10 Å². The third-order valence-electron chi connectivity index (χ3n) is 3.01. The Bertz CT molecular complexity index is 736. The van der Waals surface area contributed by atoms with E-state index in [1.807, 2.05) is 25.1 Å². The molecule has 3 aromatic rings. The minimum atomic E-state index is 0. The van der Waals surface area contributed by atoms with Crippen molar-refractivity contribution in [2.45, 2.75) is 20.0 Å². The first-order valence-electron chi connectivity index (χ1n) is 7.35. The van der Waals surface area contributed by atoms with Gasteiger partial charge in [0.05, 0.1) is 19.1 Å². The van der Waals surface area contributed by atoms with E-state index >= 15 is 0 Å². The molecule has 0 spiro atoms. The lowest BCUT2D eigenvalue weighted by Gasteiger charge is -2.09. The number of aliphatic imine (C=N–C) groups is 1. The van der Waals surface area contributed by atoms with Gasteiger partial charge in [-0.1, -0.05) is 0 Å². The van der Waals surface area contributed by atoms with Crippen LogP contribution < -0.4 is 10.6 Å². The molecule has 8 nitrogen and oxygen atoms in total. The van der Waals surface area contributed by atoms with Crippen molar-refractivity contribution >= 4 is 29.9 Å². The van der Waals surface area contributed by atoms with Gasteiger partial charge in [-0.2, -0.15) is 0 Å². The molecule has 0 atom stereocenters. The molecule has 0 aliphatic heterocycles. The van der Waals surface area contributed by atoms with E-state index in [4.69, 9.17) is 8.83 Å². The molecule has 0 radical (unpaired) electrons. The highest BCUT2D eigenvalue weighted by Gasteiger charge is 2.08. The zero-order chi connectivity index (χ0) is 15.9. The summed E-state index contributed by atoms with van der Waals surface area (Å²) >= 11 is 0. The second kappa shape index (κ2) is 9.11. The first kappa shape index (κ1) is 18.0. The van der Waals surface area contributed by atoms with Gasteiger partial charge in [0.2, 0.25) is 5.82 Å². The van der Waals surface area contributed by atoms with E-state index < -0.39 is 0 Å². The van der Waals surface area contributed by atoms with E-state index in [0.717, 1.165) is 12.3 Å². The number of rotatable bonds is 6. The van der Waals surface area contributed by atoms with E-state index in [-0.39, 0.29) is 24.0 Å². The van der Waals surface area contributed by atoms with Crippen LogP contribution in [0.25, 0.3) is 11.6 Å². The topological polar surface area (TPSA) is 104 Å². The molecule has 0 unspecified atom stereocenters. The van der Waals surface area contributed by atoms with Crippen molar-refractivity contribution in [1.29, 1.82) is 0 Å². The fourth-order valence-electron chi connectivity index (χ4n) is 1.96. The molecule has 9 heteroatoms. The third kappa shape index (κ3) is 4.85. The Morgan fingerprint density at radius 1 is 1.21 bits per heavy atom. The fourth-order valence-corrected chi connectivity index (χ4v) is 1.96. The van der Waals surface area contributed by atoms with Crippen molar-refractivity contribution in [2.75, 3.05) is 6.54 Å². The predicted octanol–water partition coefficient (Wildman–Crippen LogP) is 2.53. The number of aromatic nitrogens is 3. The number of nitrogens with one attached hydrogen (secondary N) is 3. The Balaban J connectivity index is 0.00000208. The first-order chi connectivity index (χ1) is 11.3. The van der Waals surface area contributed by atoms with Crippen LogP contribution in [0.4, 0.5) is 0 Å². The Labute approximate surface area is 156 Å². The van der Waals surface area contributed by atoms with Crippen molar-refractivity contribution < 1.29 is 8.83 Å². The summed E-state index contributed by atoms with van der Waals surface area (Å²) in [5, 5.41) is 13.3. The number of furan rings is 2. The maximum atomic E-state index is 5.29. The number of halogens is 1. The van der Waals surface area contributed by atoms with Crippen LogP contribution in [0.2, 0.25) is 0 Å². The van der Waals surface area contributed by atoms with E-state index in [2.05, 4.69) is 30.8 Å². The molecule has 0 aliphatic carbocycles. The van der Waals surface area contributed by atoms with Gasteiger partial charge in [0.25, 0.3) is 0 Å². The molecule has 3 N–H and O–H groups in total. The lowest BCUT2D eigenvalue weighted by molar-refractivity contribution is 0.501. The number of H-pyrrole nitrogens is 1. The Morgan fingerprint density at radius 2 is 2.04 bits per heavy atom. The quantitative estimate of drug-likeness (QED) is 0.308. The average Bonchev–Trinajstić information content (AvgIpc) is 3.32. The SMILES string of the molecule is CCNC(=NCc1nc(-c2ccco2)n[nH]1)NCc1ccco1.I. The molecule has 3 heterocycles. The normalized spacial score (nSPS) is 11.1. The van der Waals surface area contributed by atoms with Crippen LogP contribution in [-0.4, -0.2) is 27.7 Å². The highest BCUT2D eigenvalue weighted by molar-refractivity contribution is 14.0. The highest BCUT2D eigenvalue weighted by atomic mass is 127. The summed E-state index contributed by atoms with van der Waals surface area (Å²) in [6.07, 6.45) is 3.23. The first-order valence-corrected chi connectivity index (χ1v) is 7.35. The smallest absolute Gasteiger partial charge is 0.216 e. The molecule has 0 bridgehead atoms.